The zero-order valence-electron chi connectivity index (χ0n) is 14.5. The van der Waals surface area contributed by atoms with Crippen LogP contribution >= 0.6 is 0 Å². The second kappa shape index (κ2) is 7.30. The van der Waals surface area contributed by atoms with Crippen LogP contribution in [0, 0.1) is 0 Å². The first-order valence-electron chi connectivity index (χ1n) is 8.32. The standard InChI is InChI=1S/C19H16N6O2/c1-20-8-12-2-4-13(5-3-12)18-24-25-19(27-18)16-11-21-10-15(23-16)14-6-7-17(26)22-9-14/h2-7,9-11,20H,8H2,1H3,(H,22,26). The average molecular weight is 360 g/mol. The van der Waals surface area contributed by atoms with Crippen LogP contribution in [0.15, 0.2) is 64.2 Å². The summed E-state index contributed by atoms with van der Waals surface area (Å²) in [5.74, 6) is 0.695. The minimum atomic E-state index is -0.176. The highest BCUT2D eigenvalue weighted by molar-refractivity contribution is 5.61. The Morgan fingerprint density at radius 1 is 0.963 bits per heavy atom. The summed E-state index contributed by atoms with van der Waals surface area (Å²) in [4.78, 5) is 22.5. The average Bonchev–Trinajstić information content (AvgIpc) is 3.20. The van der Waals surface area contributed by atoms with E-state index in [-0.39, 0.29) is 11.4 Å². The molecule has 0 unspecified atom stereocenters. The number of aromatic nitrogens is 5. The van der Waals surface area contributed by atoms with Gasteiger partial charge in [0.2, 0.25) is 11.4 Å². The Kier molecular flexibility index (Phi) is 4.54. The fraction of sp³-hybridized carbons (Fsp3) is 0.105. The molecule has 4 rings (SSSR count). The molecule has 0 amide bonds. The number of aromatic amines is 1. The number of H-pyrrole nitrogens is 1. The second-order valence-corrected chi connectivity index (χ2v) is 5.87. The first-order chi connectivity index (χ1) is 13.2. The Bertz CT molecular complexity index is 1100. The number of benzene rings is 1. The van der Waals surface area contributed by atoms with Gasteiger partial charge in [0.25, 0.3) is 5.89 Å². The summed E-state index contributed by atoms with van der Waals surface area (Å²) in [7, 11) is 1.90. The van der Waals surface area contributed by atoms with Gasteiger partial charge in [-0.15, -0.1) is 10.2 Å². The number of rotatable bonds is 5. The van der Waals surface area contributed by atoms with Gasteiger partial charge in [-0.05, 0) is 30.8 Å². The van der Waals surface area contributed by atoms with Crippen LogP contribution in [0.3, 0.4) is 0 Å². The largest absolute Gasteiger partial charge is 0.415 e. The molecule has 3 aromatic heterocycles. The normalized spacial score (nSPS) is 10.9. The smallest absolute Gasteiger partial charge is 0.268 e. The molecule has 3 heterocycles. The van der Waals surface area contributed by atoms with Gasteiger partial charge in [0.05, 0.1) is 18.1 Å². The molecule has 0 spiro atoms. The lowest BCUT2D eigenvalue weighted by molar-refractivity contribution is 0.582. The van der Waals surface area contributed by atoms with E-state index < -0.39 is 0 Å². The van der Waals surface area contributed by atoms with Crippen LogP contribution in [-0.2, 0) is 6.54 Å². The van der Waals surface area contributed by atoms with Crippen LogP contribution < -0.4 is 10.9 Å². The lowest BCUT2D eigenvalue weighted by atomic mass is 10.1. The van der Waals surface area contributed by atoms with Crippen LogP contribution in [0.1, 0.15) is 5.56 Å². The number of nitrogens with zero attached hydrogens (tertiary/aromatic N) is 4. The molecule has 0 atom stereocenters. The van der Waals surface area contributed by atoms with Gasteiger partial charge in [0, 0.05) is 29.9 Å². The summed E-state index contributed by atoms with van der Waals surface area (Å²) in [6.45, 7) is 0.794. The van der Waals surface area contributed by atoms with Crippen LogP contribution in [0.2, 0.25) is 0 Å². The van der Waals surface area contributed by atoms with E-state index in [1.165, 1.54) is 11.6 Å². The van der Waals surface area contributed by atoms with Crippen molar-refractivity contribution in [2.45, 2.75) is 6.54 Å². The molecule has 134 valence electrons. The zero-order chi connectivity index (χ0) is 18.6. The van der Waals surface area contributed by atoms with Crippen molar-refractivity contribution >= 4 is 0 Å². The van der Waals surface area contributed by atoms with Crippen molar-refractivity contribution in [1.82, 2.24) is 30.5 Å². The maximum absolute atomic E-state index is 11.2. The van der Waals surface area contributed by atoms with Gasteiger partial charge in [0.1, 0.15) is 5.69 Å². The molecule has 0 saturated carbocycles. The molecule has 0 saturated heterocycles. The summed E-state index contributed by atoms with van der Waals surface area (Å²) in [6, 6.07) is 11.0. The number of pyridine rings is 1. The molecule has 8 heteroatoms. The lowest BCUT2D eigenvalue weighted by Gasteiger charge is -2.01. The Morgan fingerprint density at radius 2 is 1.70 bits per heavy atom. The number of hydrogen-bond donors (Lipinski definition) is 2. The van der Waals surface area contributed by atoms with Gasteiger partial charge in [-0.3, -0.25) is 9.78 Å². The summed E-state index contributed by atoms with van der Waals surface area (Å²) in [5, 5.41) is 11.3. The minimum Gasteiger partial charge on any atom is -0.415 e. The molecule has 4 aromatic rings. The monoisotopic (exact) mass is 360 g/mol. The van der Waals surface area contributed by atoms with Crippen molar-refractivity contribution in [3.05, 3.63) is 70.9 Å². The second-order valence-electron chi connectivity index (χ2n) is 5.87. The Hall–Kier alpha value is -3.65. The van der Waals surface area contributed by atoms with Crippen LogP contribution in [-0.4, -0.2) is 32.2 Å². The van der Waals surface area contributed by atoms with E-state index >= 15 is 0 Å². The van der Waals surface area contributed by atoms with Crippen LogP contribution in [0.25, 0.3) is 34.3 Å². The molecule has 0 bridgehead atoms. The third-order valence-corrected chi connectivity index (χ3v) is 3.94. The number of hydrogen-bond acceptors (Lipinski definition) is 7. The summed E-state index contributed by atoms with van der Waals surface area (Å²) >= 11 is 0. The Balaban J connectivity index is 1.62. The predicted molar refractivity (Wildman–Crippen MR) is 99.6 cm³/mol. The van der Waals surface area contributed by atoms with Gasteiger partial charge in [-0.25, -0.2) is 4.98 Å². The molecule has 0 aliphatic carbocycles. The summed E-state index contributed by atoms with van der Waals surface area (Å²) < 4.78 is 5.77. The molecule has 2 N–H and O–H groups in total. The first-order valence-corrected chi connectivity index (χ1v) is 8.32. The first kappa shape index (κ1) is 16.8. The molecular formula is C19H16N6O2. The van der Waals surface area contributed by atoms with E-state index in [1.54, 1.807) is 24.7 Å². The maximum Gasteiger partial charge on any atom is 0.268 e. The van der Waals surface area contributed by atoms with Crippen molar-refractivity contribution in [2.75, 3.05) is 7.05 Å². The third kappa shape index (κ3) is 3.65. The number of nitrogens with one attached hydrogen (secondary N) is 2. The van der Waals surface area contributed by atoms with E-state index in [0.717, 1.165) is 17.7 Å². The summed E-state index contributed by atoms with van der Waals surface area (Å²) in [6.07, 6.45) is 4.75. The topological polar surface area (TPSA) is 110 Å². The predicted octanol–water partition coefficient (Wildman–Crippen LogP) is 2.27. The molecule has 1 aromatic carbocycles. The SMILES string of the molecule is CNCc1ccc(-c2nnc(-c3cncc(-c4ccc(=O)[nH]c4)n3)o2)cc1. The van der Waals surface area contributed by atoms with E-state index in [0.29, 0.717) is 17.3 Å². The van der Waals surface area contributed by atoms with Gasteiger partial charge in [-0.2, -0.15) is 0 Å². The van der Waals surface area contributed by atoms with Gasteiger partial charge in [-0.1, -0.05) is 12.1 Å². The Morgan fingerprint density at radius 3 is 2.44 bits per heavy atom. The third-order valence-electron chi connectivity index (χ3n) is 3.94. The van der Waals surface area contributed by atoms with Crippen molar-refractivity contribution in [3.8, 4) is 34.3 Å². The van der Waals surface area contributed by atoms with Crippen LogP contribution in [0.4, 0.5) is 0 Å². The molecule has 0 radical (unpaired) electrons. The Labute approximate surface area is 154 Å². The van der Waals surface area contributed by atoms with E-state index in [4.69, 9.17) is 4.42 Å². The molecule has 0 aliphatic heterocycles. The highest BCUT2D eigenvalue weighted by atomic mass is 16.4. The minimum absolute atomic E-state index is 0.176. The fourth-order valence-electron chi connectivity index (χ4n) is 2.59. The lowest BCUT2D eigenvalue weighted by Crippen LogP contribution is -2.04. The van der Waals surface area contributed by atoms with Crippen molar-refractivity contribution < 1.29 is 4.42 Å². The molecule has 27 heavy (non-hydrogen) atoms. The highest BCUT2D eigenvalue weighted by Crippen LogP contribution is 2.24. The zero-order valence-corrected chi connectivity index (χ0v) is 14.5. The summed E-state index contributed by atoms with van der Waals surface area (Å²) in [5.41, 5.74) is 3.62. The van der Waals surface area contributed by atoms with E-state index in [2.05, 4.69) is 30.5 Å². The van der Waals surface area contributed by atoms with Crippen LogP contribution in [0.5, 0.6) is 0 Å². The molecule has 0 fully saturated rings. The van der Waals surface area contributed by atoms with Gasteiger partial charge >= 0.3 is 0 Å². The van der Waals surface area contributed by atoms with Crippen molar-refractivity contribution in [1.29, 1.82) is 0 Å². The van der Waals surface area contributed by atoms with Crippen molar-refractivity contribution in [3.63, 3.8) is 0 Å². The highest BCUT2D eigenvalue weighted by Gasteiger charge is 2.13. The maximum atomic E-state index is 11.2. The van der Waals surface area contributed by atoms with Gasteiger partial charge in [0.15, 0.2) is 0 Å². The van der Waals surface area contributed by atoms with Crippen molar-refractivity contribution in [2.24, 2.45) is 0 Å². The van der Waals surface area contributed by atoms with E-state index in [1.807, 2.05) is 31.3 Å². The molecule has 8 nitrogen and oxygen atoms in total. The van der Waals surface area contributed by atoms with Gasteiger partial charge < -0.3 is 14.7 Å². The molecule has 0 aliphatic rings. The quantitative estimate of drug-likeness (QED) is 0.562. The van der Waals surface area contributed by atoms with E-state index in [9.17, 15) is 4.79 Å². The fourth-order valence-corrected chi connectivity index (χ4v) is 2.59. The molecular weight excluding hydrogens is 344 g/mol.